The lowest BCUT2D eigenvalue weighted by Crippen LogP contribution is -2.29. The number of rotatable bonds is 8. The number of unbranched alkanes of at least 4 members (excludes halogenated alkanes) is 2. The maximum atomic E-state index is 12.6. The van der Waals surface area contributed by atoms with Crippen molar-refractivity contribution >= 4 is 63.2 Å². The van der Waals surface area contributed by atoms with Crippen molar-refractivity contribution in [2.75, 3.05) is 11.9 Å². The van der Waals surface area contributed by atoms with Gasteiger partial charge in [0.05, 0.1) is 4.91 Å². The van der Waals surface area contributed by atoms with E-state index in [1.54, 1.807) is 16.2 Å². The number of aryl methyl sites for hydroxylation is 2. The Balaban J connectivity index is 1.39. The van der Waals surface area contributed by atoms with Gasteiger partial charge in [0.25, 0.3) is 5.91 Å². The standard InChI is InChI=1S/C22H24N2O2S3/c1-15-9-10-18(16(2)13-15)23-20(25)8-4-3-5-11-24-21(26)19(29-22(24)27)14-17-7-6-12-28-17/h6-7,9-10,12-14H,3-5,8,11H2,1-2H3,(H,23,25)/b19-14+. The summed E-state index contributed by atoms with van der Waals surface area (Å²) in [7, 11) is 0. The molecule has 152 valence electrons. The summed E-state index contributed by atoms with van der Waals surface area (Å²) in [5.41, 5.74) is 3.13. The monoisotopic (exact) mass is 444 g/mol. The molecule has 1 saturated heterocycles. The highest BCUT2D eigenvalue weighted by molar-refractivity contribution is 8.26. The topological polar surface area (TPSA) is 49.4 Å². The van der Waals surface area contributed by atoms with E-state index in [0.717, 1.165) is 35.4 Å². The Kier molecular flexibility index (Phi) is 7.64. The second-order valence-electron chi connectivity index (χ2n) is 7.03. The molecule has 1 aliphatic rings. The van der Waals surface area contributed by atoms with Crippen LogP contribution in [0.3, 0.4) is 0 Å². The number of carbonyl (C=O) groups is 2. The SMILES string of the molecule is Cc1ccc(NC(=O)CCCCCN2C(=O)/C(=C\c3cccs3)SC2=S)c(C)c1. The molecule has 0 unspecified atom stereocenters. The summed E-state index contributed by atoms with van der Waals surface area (Å²) in [6.45, 7) is 4.64. The second kappa shape index (κ2) is 10.2. The third-order valence-electron chi connectivity index (χ3n) is 4.63. The number of hydrogen-bond donors (Lipinski definition) is 1. The molecule has 1 fully saturated rings. The summed E-state index contributed by atoms with van der Waals surface area (Å²) in [6, 6.07) is 9.96. The molecule has 0 aliphatic carbocycles. The van der Waals surface area contributed by atoms with Gasteiger partial charge in [-0.2, -0.15) is 0 Å². The van der Waals surface area contributed by atoms with Gasteiger partial charge in [-0.25, -0.2) is 0 Å². The summed E-state index contributed by atoms with van der Waals surface area (Å²) >= 11 is 8.34. The summed E-state index contributed by atoms with van der Waals surface area (Å²) in [5.74, 6) is 0.0161. The third kappa shape index (κ3) is 6.01. The maximum Gasteiger partial charge on any atom is 0.266 e. The molecular weight excluding hydrogens is 420 g/mol. The van der Waals surface area contributed by atoms with Gasteiger partial charge < -0.3 is 5.32 Å². The molecule has 1 aromatic carbocycles. The Morgan fingerprint density at radius 1 is 1.21 bits per heavy atom. The van der Waals surface area contributed by atoms with E-state index in [-0.39, 0.29) is 11.8 Å². The molecule has 0 spiro atoms. The van der Waals surface area contributed by atoms with E-state index in [2.05, 4.69) is 11.4 Å². The fraction of sp³-hybridized carbons (Fsp3) is 0.318. The Labute approximate surface area is 185 Å². The third-order valence-corrected chi connectivity index (χ3v) is 6.83. The highest BCUT2D eigenvalue weighted by Gasteiger charge is 2.31. The van der Waals surface area contributed by atoms with Crippen molar-refractivity contribution in [3.05, 3.63) is 56.6 Å². The quantitative estimate of drug-likeness (QED) is 0.319. The second-order valence-corrected chi connectivity index (χ2v) is 9.68. The molecule has 2 amide bonds. The number of benzene rings is 1. The van der Waals surface area contributed by atoms with Crippen LogP contribution < -0.4 is 5.32 Å². The van der Waals surface area contributed by atoms with E-state index < -0.39 is 0 Å². The van der Waals surface area contributed by atoms with Gasteiger partial charge in [0.15, 0.2) is 0 Å². The first-order valence-electron chi connectivity index (χ1n) is 9.60. The van der Waals surface area contributed by atoms with Crippen molar-refractivity contribution in [1.82, 2.24) is 4.90 Å². The lowest BCUT2D eigenvalue weighted by molar-refractivity contribution is -0.122. The number of thiophene rings is 1. The molecule has 1 aliphatic heterocycles. The van der Waals surface area contributed by atoms with Crippen LogP contribution in [0, 0.1) is 13.8 Å². The van der Waals surface area contributed by atoms with Crippen LogP contribution in [0.4, 0.5) is 5.69 Å². The summed E-state index contributed by atoms with van der Waals surface area (Å²) in [4.78, 5) is 28.1. The fourth-order valence-corrected chi connectivity index (χ4v) is 5.13. The van der Waals surface area contributed by atoms with Gasteiger partial charge in [-0.15, -0.1) is 11.3 Å². The van der Waals surface area contributed by atoms with Crippen LogP contribution in [-0.4, -0.2) is 27.6 Å². The lowest BCUT2D eigenvalue weighted by atomic mass is 10.1. The van der Waals surface area contributed by atoms with Crippen molar-refractivity contribution in [3.8, 4) is 0 Å². The summed E-state index contributed by atoms with van der Waals surface area (Å²) in [5, 5.41) is 4.97. The lowest BCUT2D eigenvalue weighted by Gasteiger charge is -2.14. The van der Waals surface area contributed by atoms with Gasteiger partial charge in [-0.3, -0.25) is 14.5 Å². The zero-order valence-electron chi connectivity index (χ0n) is 16.6. The van der Waals surface area contributed by atoms with Crippen LogP contribution in [0.15, 0.2) is 40.6 Å². The zero-order chi connectivity index (χ0) is 20.8. The van der Waals surface area contributed by atoms with E-state index in [1.807, 2.05) is 49.6 Å². The molecule has 0 saturated carbocycles. The fourth-order valence-electron chi connectivity index (χ4n) is 3.09. The van der Waals surface area contributed by atoms with Crippen molar-refractivity contribution in [2.45, 2.75) is 39.5 Å². The zero-order valence-corrected chi connectivity index (χ0v) is 19.0. The molecule has 1 aromatic heterocycles. The molecule has 7 heteroatoms. The average Bonchev–Trinajstić information content (AvgIpc) is 3.27. The summed E-state index contributed by atoms with van der Waals surface area (Å²) < 4.78 is 0.616. The van der Waals surface area contributed by atoms with E-state index >= 15 is 0 Å². The van der Waals surface area contributed by atoms with Gasteiger partial charge >= 0.3 is 0 Å². The van der Waals surface area contributed by atoms with Gasteiger partial charge in [0, 0.05) is 23.5 Å². The molecule has 0 bridgehead atoms. The number of carbonyl (C=O) groups excluding carboxylic acids is 2. The van der Waals surface area contributed by atoms with E-state index in [9.17, 15) is 9.59 Å². The van der Waals surface area contributed by atoms with Gasteiger partial charge in [-0.05, 0) is 55.8 Å². The van der Waals surface area contributed by atoms with Crippen LogP contribution in [0.5, 0.6) is 0 Å². The number of thiocarbonyl (C=S) groups is 1. The minimum atomic E-state index is -0.0130. The van der Waals surface area contributed by atoms with Gasteiger partial charge in [0.1, 0.15) is 4.32 Å². The van der Waals surface area contributed by atoms with Crippen LogP contribution in [-0.2, 0) is 9.59 Å². The van der Waals surface area contributed by atoms with Gasteiger partial charge in [-0.1, -0.05) is 54.2 Å². The normalized spacial score (nSPS) is 15.4. The molecule has 2 aromatic rings. The Bertz CT molecular complexity index is 936. The Hall–Kier alpha value is -1.96. The number of nitrogens with zero attached hydrogens (tertiary/aromatic N) is 1. The average molecular weight is 445 g/mol. The van der Waals surface area contributed by atoms with Crippen LogP contribution in [0.2, 0.25) is 0 Å². The van der Waals surface area contributed by atoms with E-state index in [0.29, 0.717) is 22.2 Å². The van der Waals surface area contributed by atoms with Crippen molar-refractivity contribution < 1.29 is 9.59 Å². The predicted molar refractivity (Wildman–Crippen MR) is 127 cm³/mol. The predicted octanol–water partition coefficient (Wildman–Crippen LogP) is 5.77. The highest BCUT2D eigenvalue weighted by Crippen LogP contribution is 2.33. The minimum absolute atomic E-state index is 0.0130. The molecule has 1 N–H and O–H groups in total. The number of amides is 2. The van der Waals surface area contributed by atoms with Crippen molar-refractivity contribution in [1.29, 1.82) is 0 Å². The van der Waals surface area contributed by atoms with Crippen LogP contribution in [0.1, 0.15) is 41.7 Å². The number of anilines is 1. The van der Waals surface area contributed by atoms with E-state index in [4.69, 9.17) is 12.2 Å². The van der Waals surface area contributed by atoms with Crippen LogP contribution >= 0.6 is 35.3 Å². The minimum Gasteiger partial charge on any atom is -0.326 e. The maximum absolute atomic E-state index is 12.6. The number of nitrogens with one attached hydrogen (secondary N) is 1. The molecule has 4 nitrogen and oxygen atoms in total. The number of hydrogen-bond acceptors (Lipinski definition) is 5. The van der Waals surface area contributed by atoms with Crippen molar-refractivity contribution in [3.63, 3.8) is 0 Å². The van der Waals surface area contributed by atoms with Gasteiger partial charge in [0.2, 0.25) is 5.91 Å². The smallest absolute Gasteiger partial charge is 0.266 e. The van der Waals surface area contributed by atoms with E-state index in [1.165, 1.54) is 17.3 Å². The molecule has 0 radical (unpaired) electrons. The molecule has 29 heavy (non-hydrogen) atoms. The Morgan fingerprint density at radius 3 is 2.76 bits per heavy atom. The highest BCUT2D eigenvalue weighted by atomic mass is 32.2. The van der Waals surface area contributed by atoms with Crippen molar-refractivity contribution in [2.24, 2.45) is 0 Å². The summed E-state index contributed by atoms with van der Waals surface area (Å²) in [6.07, 6.45) is 4.87. The molecule has 2 heterocycles. The largest absolute Gasteiger partial charge is 0.326 e. The molecule has 3 rings (SSSR count). The first-order chi connectivity index (χ1) is 13.9. The number of thioether (sulfide) groups is 1. The first-order valence-corrected chi connectivity index (χ1v) is 11.7. The molecule has 0 atom stereocenters. The Morgan fingerprint density at radius 2 is 2.03 bits per heavy atom. The van der Waals surface area contributed by atoms with Crippen LogP contribution in [0.25, 0.3) is 6.08 Å². The first kappa shape index (κ1) is 21.7. The molecular formula is C22H24N2O2S3.